The average molecular weight is 342 g/mol. The predicted molar refractivity (Wildman–Crippen MR) is 107 cm³/mol. The summed E-state index contributed by atoms with van der Waals surface area (Å²) in [6, 6.07) is 22.9. The zero-order valence-electron chi connectivity index (χ0n) is 14.7. The van der Waals surface area contributed by atoms with Crippen molar-refractivity contribution in [2.75, 3.05) is 6.54 Å². The van der Waals surface area contributed by atoms with Gasteiger partial charge in [-0.05, 0) is 40.8 Å². The van der Waals surface area contributed by atoms with Crippen LogP contribution < -0.4 is 5.32 Å². The Labute approximate surface area is 153 Å². The number of carbonyl (C=O) groups excluding carboxylic acids is 1. The third-order valence-corrected chi connectivity index (χ3v) is 4.89. The standard InChI is InChI=1S/C23H22N2O/c26-23(13-12-18-8-5-7-17-6-1-2-9-20(17)18)24-15-14-19-16-25-22-11-4-3-10-21(19)22/h1-11,16,25H,12-15H2,(H,24,26). The third-order valence-electron chi connectivity index (χ3n) is 4.89. The number of amides is 1. The molecule has 3 nitrogen and oxygen atoms in total. The first-order valence-electron chi connectivity index (χ1n) is 9.09. The normalized spacial score (nSPS) is 11.1. The molecular weight excluding hydrogens is 320 g/mol. The van der Waals surface area contributed by atoms with Gasteiger partial charge in [0.15, 0.2) is 0 Å². The number of aromatic nitrogens is 1. The van der Waals surface area contributed by atoms with Crippen molar-refractivity contribution in [3.05, 3.63) is 84.1 Å². The Morgan fingerprint density at radius 1 is 0.808 bits per heavy atom. The number of para-hydroxylation sites is 1. The third kappa shape index (κ3) is 3.47. The molecule has 0 aliphatic heterocycles. The molecule has 0 saturated heterocycles. The summed E-state index contributed by atoms with van der Waals surface area (Å²) in [6.45, 7) is 0.663. The molecule has 1 aromatic heterocycles. The van der Waals surface area contributed by atoms with E-state index < -0.39 is 0 Å². The number of hydrogen-bond acceptors (Lipinski definition) is 1. The molecule has 0 spiro atoms. The lowest BCUT2D eigenvalue weighted by Crippen LogP contribution is -2.25. The lowest BCUT2D eigenvalue weighted by molar-refractivity contribution is -0.121. The Morgan fingerprint density at radius 3 is 2.50 bits per heavy atom. The average Bonchev–Trinajstić information content (AvgIpc) is 3.09. The van der Waals surface area contributed by atoms with Crippen LogP contribution in [0, 0.1) is 0 Å². The molecule has 0 aliphatic rings. The maximum absolute atomic E-state index is 12.2. The van der Waals surface area contributed by atoms with Gasteiger partial charge >= 0.3 is 0 Å². The molecule has 4 rings (SSSR count). The number of nitrogens with one attached hydrogen (secondary N) is 2. The SMILES string of the molecule is O=C(CCc1cccc2ccccc12)NCCc1c[nH]c2ccccc12. The Balaban J connectivity index is 1.31. The number of hydrogen-bond donors (Lipinski definition) is 2. The monoisotopic (exact) mass is 342 g/mol. The number of rotatable bonds is 6. The van der Waals surface area contributed by atoms with Crippen LogP contribution in [0.15, 0.2) is 72.9 Å². The van der Waals surface area contributed by atoms with Gasteiger partial charge in [0.25, 0.3) is 0 Å². The van der Waals surface area contributed by atoms with E-state index >= 15 is 0 Å². The van der Waals surface area contributed by atoms with Gasteiger partial charge in [-0.25, -0.2) is 0 Å². The number of fused-ring (bicyclic) bond motifs is 2. The second-order valence-corrected chi connectivity index (χ2v) is 6.60. The largest absolute Gasteiger partial charge is 0.361 e. The quantitative estimate of drug-likeness (QED) is 0.528. The van der Waals surface area contributed by atoms with Crippen molar-refractivity contribution in [3.8, 4) is 0 Å². The smallest absolute Gasteiger partial charge is 0.220 e. The van der Waals surface area contributed by atoms with Crippen LogP contribution in [0.1, 0.15) is 17.5 Å². The lowest BCUT2D eigenvalue weighted by atomic mass is 10.0. The van der Waals surface area contributed by atoms with Crippen molar-refractivity contribution in [2.45, 2.75) is 19.3 Å². The van der Waals surface area contributed by atoms with Gasteiger partial charge in [0.05, 0.1) is 0 Å². The summed E-state index contributed by atoms with van der Waals surface area (Å²) in [5.74, 6) is 0.109. The topological polar surface area (TPSA) is 44.9 Å². The Morgan fingerprint density at radius 2 is 1.58 bits per heavy atom. The molecule has 0 bridgehead atoms. The van der Waals surface area contributed by atoms with E-state index in [1.165, 1.54) is 27.3 Å². The molecule has 2 N–H and O–H groups in total. The Hall–Kier alpha value is -3.07. The number of carbonyl (C=O) groups is 1. The predicted octanol–water partition coefficient (Wildman–Crippen LogP) is 4.61. The number of benzene rings is 3. The summed E-state index contributed by atoms with van der Waals surface area (Å²) in [7, 11) is 0. The van der Waals surface area contributed by atoms with Crippen molar-refractivity contribution in [1.29, 1.82) is 0 Å². The minimum atomic E-state index is 0.109. The molecule has 0 saturated carbocycles. The molecule has 0 fully saturated rings. The van der Waals surface area contributed by atoms with Gasteiger partial charge in [-0.1, -0.05) is 60.7 Å². The van der Waals surface area contributed by atoms with Crippen LogP contribution in [0.25, 0.3) is 21.7 Å². The van der Waals surface area contributed by atoms with Gasteiger partial charge in [0.1, 0.15) is 0 Å². The van der Waals surface area contributed by atoms with E-state index in [0.29, 0.717) is 13.0 Å². The van der Waals surface area contributed by atoms with Crippen molar-refractivity contribution in [2.24, 2.45) is 0 Å². The fourth-order valence-electron chi connectivity index (χ4n) is 3.52. The molecule has 4 aromatic rings. The maximum Gasteiger partial charge on any atom is 0.220 e. The first-order chi connectivity index (χ1) is 12.8. The highest BCUT2D eigenvalue weighted by Crippen LogP contribution is 2.20. The van der Waals surface area contributed by atoms with Crippen LogP contribution in [0.5, 0.6) is 0 Å². The Kier molecular flexibility index (Phi) is 4.69. The summed E-state index contributed by atoms with van der Waals surface area (Å²) < 4.78 is 0. The van der Waals surface area contributed by atoms with Gasteiger partial charge < -0.3 is 10.3 Å². The van der Waals surface area contributed by atoms with E-state index in [0.717, 1.165) is 18.4 Å². The van der Waals surface area contributed by atoms with Crippen molar-refractivity contribution >= 4 is 27.6 Å². The molecule has 1 amide bonds. The summed E-state index contributed by atoms with van der Waals surface area (Å²) >= 11 is 0. The molecule has 3 aromatic carbocycles. The minimum absolute atomic E-state index is 0.109. The molecule has 3 heteroatoms. The number of aryl methyl sites for hydroxylation is 1. The van der Waals surface area contributed by atoms with E-state index in [4.69, 9.17) is 0 Å². The van der Waals surface area contributed by atoms with Gasteiger partial charge in [0.2, 0.25) is 5.91 Å². The van der Waals surface area contributed by atoms with E-state index in [9.17, 15) is 4.79 Å². The van der Waals surface area contributed by atoms with Crippen molar-refractivity contribution < 1.29 is 4.79 Å². The molecule has 0 unspecified atom stereocenters. The van der Waals surface area contributed by atoms with Gasteiger partial charge in [0, 0.05) is 30.1 Å². The zero-order chi connectivity index (χ0) is 17.8. The van der Waals surface area contributed by atoms with Crippen molar-refractivity contribution in [1.82, 2.24) is 10.3 Å². The van der Waals surface area contributed by atoms with Gasteiger partial charge in [-0.15, -0.1) is 0 Å². The van der Waals surface area contributed by atoms with E-state index in [1.54, 1.807) is 0 Å². The van der Waals surface area contributed by atoms with Crippen LogP contribution in [0.3, 0.4) is 0 Å². The highest BCUT2D eigenvalue weighted by molar-refractivity contribution is 5.86. The van der Waals surface area contributed by atoms with Gasteiger partial charge in [-0.3, -0.25) is 4.79 Å². The molecular formula is C23H22N2O. The van der Waals surface area contributed by atoms with Crippen LogP contribution in [-0.2, 0) is 17.6 Å². The van der Waals surface area contributed by atoms with E-state index in [2.05, 4.69) is 52.8 Å². The molecule has 1 heterocycles. The summed E-state index contributed by atoms with van der Waals surface area (Å²) in [4.78, 5) is 15.5. The second-order valence-electron chi connectivity index (χ2n) is 6.60. The highest BCUT2D eigenvalue weighted by atomic mass is 16.1. The van der Waals surface area contributed by atoms with Crippen LogP contribution in [0.2, 0.25) is 0 Å². The minimum Gasteiger partial charge on any atom is -0.361 e. The lowest BCUT2D eigenvalue weighted by Gasteiger charge is -2.07. The summed E-state index contributed by atoms with van der Waals surface area (Å²) in [6.07, 6.45) is 4.15. The zero-order valence-corrected chi connectivity index (χ0v) is 14.7. The van der Waals surface area contributed by atoms with Crippen LogP contribution in [0.4, 0.5) is 0 Å². The molecule has 0 aliphatic carbocycles. The first-order valence-corrected chi connectivity index (χ1v) is 9.09. The second kappa shape index (κ2) is 7.44. The highest BCUT2D eigenvalue weighted by Gasteiger charge is 2.06. The van der Waals surface area contributed by atoms with Crippen LogP contribution >= 0.6 is 0 Å². The van der Waals surface area contributed by atoms with E-state index in [-0.39, 0.29) is 5.91 Å². The Bertz CT molecular complexity index is 1040. The fraction of sp³-hybridized carbons (Fsp3) is 0.174. The first kappa shape index (κ1) is 16.4. The molecule has 0 radical (unpaired) electrons. The fourth-order valence-corrected chi connectivity index (χ4v) is 3.52. The molecule has 0 atom stereocenters. The van der Waals surface area contributed by atoms with Crippen LogP contribution in [-0.4, -0.2) is 17.4 Å². The summed E-state index contributed by atoms with van der Waals surface area (Å²) in [5, 5.41) is 6.75. The molecule has 130 valence electrons. The number of aromatic amines is 1. The summed E-state index contributed by atoms with van der Waals surface area (Å²) in [5.41, 5.74) is 3.62. The van der Waals surface area contributed by atoms with Gasteiger partial charge in [-0.2, -0.15) is 0 Å². The number of H-pyrrole nitrogens is 1. The molecule has 26 heavy (non-hydrogen) atoms. The van der Waals surface area contributed by atoms with E-state index in [1.807, 2.05) is 30.5 Å². The maximum atomic E-state index is 12.2. The van der Waals surface area contributed by atoms with Crippen molar-refractivity contribution in [3.63, 3.8) is 0 Å².